The average molecular weight is 1400 g/mol. The number of likely N-dealkylation sites (tertiary alicyclic amines) is 1. The number of methoxy groups -OCH3 is 1. The molecule has 10 amide bonds. The molecule has 0 unspecified atom stereocenters. The first-order valence-corrected chi connectivity index (χ1v) is 31.9. The SMILES string of the molecule is CNOCN[C@@H](C)C(=O)N[C@H](CNC(=O)CCOCCI)C(=O)N[C@H]1Cc2cccc(c2)CNC(=O)CO[C@H]2CCN(C(=O)[C@H](Cc3c[nH]c4ccc(F)cc34)NC1=O)[C@@H]2C(=O)N[C@H](C(=O)N[C@@H](Cc1ccc(OC)cc1)C(=O)N1CCC[C@@]1(C)C(=O)NC)[C@@H](C)O. The minimum atomic E-state index is -1.81. The monoisotopic (exact) mass is 1400 g/mol. The first-order valence-electron chi connectivity index (χ1n) is 30.4. The Bertz CT molecular complexity index is 3270. The van der Waals surface area contributed by atoms with Crippen molar-refractivity contribution >= 4 is 92.6 Å². The van der Waals surface area contributed by atoms with Gasteiger partial charge in [0, 0.05) is 87.5 Å². The Morgan fingerprint density at radius 2 is 1.66 bits per heavy atom. The second-order valence-corrected chi connectivity index (χ2v) is 23.9. The number of hydrogen-bond donors (Lipinski definition) is 12. The van der Waals surface area contributed by atoms with E-state index in [0.717, 1.165) is 4.90 Å². The molecular formula is C62H83FIN13O15. The van der Waals surface area contributed by atoms with Crippen LogP contribution in [0.25, 0.3) is 10.9 Å². The van der Waals surface area contributed by atoms with E-state index in [1.165, 1.54) is 64.3 Å². The summed E-state index contributed by atoms with van der Waals surface area (Å²) < 4.78 is 32.7. The molecule has 4 bridgehead atoms. The number of likely N-dealkylation sites (N-methyl/N-ethyl adjacent to an activating group) is 1. The van der Waals surface area contributed by atoms with Gasteiger partial charge in [-0.3, -0.25) is 58.1 Å². The quantitative estimate of drug-likeness (QED) is 0.0111. The van der Waals surface area contributed by atoms with Crippen LogP contribution in [0.15, 0.2) is 72.9 Å². The van der Waals surface area contributed by atoms with Crippen LogP contribution >= 0.6 is 22.6 Å². The summed E-state index contributed by atoms with van der Waals surface area (Å²) in [5, 5.41) is 36.1. The van der Waals surface area contributed by atoms with Crippen LogP contribution in [-0.2, 0) is 88.1 Å². The number of aliphatic hydroxyl groups excluding tert-OH is 1. The highest BCUT2D eigenvalue weighted by Gasteiger charge is 2.49. The van der Waals surface area contributed by atoms with Crippen molar-refractivity contribution < 1.29 is 76.5 Å². The molecule has 28 nitrogen and oxygen atoms in total. The van der Waals surface area contributed by atoms with Gasteiger partial charge in [0.1, 0.15) is 66.7 Å². The lowest BCUT2D eigenvalue weighted by Crippen LogP contribution is -2.64. The Morgan fingerprint density at radius 1 is 0.913 bits per heavy atom. The number of rotatable bonds is 27. The van der Waals surface area contributed by atoms with Gasteiger partial charge in [-0.2, -0.15) is 0 Å². The van der Waals surface area contributed by atoms with E-state index in [1.807, 2.05) is 0 Å². The minimum absolute atomic E-state index is 0.0514. The smallest absolute Gasteiger partial charge is 0.246 e. The number of hydroxylamine groups is 1. The number of alkyl halides is 1. The number of aliphatic hydroxyl groups is 1. The largest absolute Gasteiger partial charge is 0.497 e. The maximum atomic E-state index is 15.7. The van der Waals surface area contributed by atoms with Crippen molar-refractivity contribution in [2.75, 3.05) is 71.8 Å². The van der Waals surface area contributed by atoms with E-state index in [0.29, 0.717) is 62.8 Å². The summed E-state index contributed by atoms with van der Waals surface area (Å²) >= 11 is 2.13. The summed E-state index contributed by atoms with van der Waals surface area (Å²) in [6.07, 6.45) is -1.44. The lowest BCUT2D eigenvalue weighted by atomic mass is 9.96. The molecule has 92 heavy (non-hydrogen) atoms. The number of aromatic nitrogens is 1. The van der Waals surface area contributed by atoms with E-state index in [2.05, 4.69) is 80.9 Å². The number of benzene rings is 3. The number of fused-ring (bicyclic) bond motifs is 5. The number of aromatic amines is 1. The fourth-order valence-electron chi connectivity index (χ4n) is 11.3. The maximum absolute atomic E-state index is 15.7. The molecule has 0 spiro atoms. The van der Waals surface area contributed by atoms with E-state index in [4.69, 9.17) is 19.0 Å². The van der Waals surface area contributed by atoms with Gasteiger partial charge in [-0.05, 0) is 92.6 Å². The molecule has 12 N–H and O–H groups in total. The van der Waals surface area contributed by atoms with E-state index in [9.17, 15) is 38.7 Å². The highest BCUT2D eigenvalue weighted by molar-refractivity contribution is 14.1. The predicted octanol–water partition coefficient (Wildman–Crippen LogP) is -1.06. The van der Waals surface area contributed by atoms with Crippen LogP contribution in [0.1, 0.15) is 68.7 Å². The maximum Gasteiger partial charge on any atom is 0.246 e. The van der Waals surface area contributed by atoms with Gasteiger partial charge in [0.15, 0.2) is 0 Å². The molecule has 2 saturated heterocycles. The third-order valence-corrected chi connectivity index (χ3v) is 16.8. The Kier molecular flexibility index (Phi) is 26.6. The fraction of sp³-hybridized carbons (Fsp3) is 0.516. The molecule has 30 heteroatoms. The lowest BCUT2D eigenvalue weighted by Gasteiger charge is -2.36. The van der Waals surface area contributed by atoms with Gasteiger partial charge in [-0.1, -0.05) is 59.0 Å². The topological polar surface area (TPSA) is 370 Å². The van der Waals surface area contributed by atoms with Gasteiger partial charge in [-0.15, -0.1) is 0 Å². The molecule has 3 aliphatic heterocycles. The van der Waals surface area contributed by atoms with Gasteiger partial charge >= 0.3 is 0 Å². The van der Waals surface area contributed by atoms with E-state index < -0.39 is 138 Å². The molecule has 7 rings (SSSR count). The van der Waals surface area contributed by atoms with E-state index in [-0.39, 0.29) is 65.1 Å². The summed E-state index contributed by atoms with van der Waals surface area (Å²) in [5.41, 5.74) is 3.64. The van der Waals surface area contributed by atoms with Crippen LogP contribution in [-0.4, -0.2) is 211 Å². The van der Waals surface area contributed by atoms with Gasteiger partial charge in [0.2, 0.25) is 59.1 Å². The second kappa shape index (κ2) is 34.1. The Labute approximate surface area is 545 Å². The third kappa shape index (κ3) is 19.1. The van der Waals surface area contributed by atoms with Gasteiger partial charge in [-0.25, -0.2) is 9.87 Å². The van der Waals surface area contributed by atoms with Crippen LogP contribution in [0.2, 0.25) is 0 Å². The molecule has 0 aliphatic carbocycles. The normalized spacial score (nSPS) is 21.1. The predicted molar refractivity (Wildman–Crippen MR) is 340 cm³/mol. The second-order valence-electron chi connectivity index (χ2n) is 22.9. The molecule has 4 aromatic rings. The minimum Gasteiger partial charge on any atom is -0.497 e. The lowest BCUT2D eigenvalue weighted by molar-refractivity contribution is -0.148. The first kappa shape index (κ1) is 71.6. The number of hydrogen-bond acceptors (Lipinski definition) is 17. The zero-order chi connectivity index (χ0) is 66.6. The molecule has 3 aromatic carbocycles. The number of H-pyrrole nitrogens is 1. The van der Waals surface area contributed by atoms with Crippen LogP contribution < -0.4 is 58.1 Å². The summed E-state index contributed by atoms with van der Waals surface area (Å²) in [4.78, 5) is 155. The summed E-state index contributed by atoms with van der Waals surface area (Å²) in [6.45, 7) is 3.58. The summed E-state index contributed by atoms with van der Waals surface area (Å²) in [6, 6.07) is 6.92. The average Bonchev–Trinajstić information content (AvgIpc) is 1.65. The van der Waals surface area contributed by atoms with Crippen molar-refractivity contribution in [1.29, 1.82) is 0 Å². The Morgan fingerprint density at radius 3 is 2.38 bits per heavy atom. The summed E-state index contributed by atoms with van der Waals surface area (Å²) in [5.74, 6) is -7.75. The number of halogens is 2. The van der Waals surface area contributed by atoms with Crippen molar-refractivity contribution in [2.24, 2.45) is 0 Å². The number of amides is 10. The third-order valence-electron chi connectivity index (χ3n) is 16.4. The molecule has 500 valence electrons. The number of nitrogens with zero attached hydrogens (tertiary/aromatic N) is 2. The molecule has 0 radical (unpaired) electrons. The molecular weight excluding hydrogens is 1310 g/mol. The first-order chi connectivity index (χ1) is 44.1. The molecule has 3 aliphatic rings. The molecule has 4 heterocycles. The number of carbonyl (C=O) groups excluding carboxylic acids is 10. The van der Waals surface area contributed by atoms with Crippen LogP contribution in [0.4, 0.5) is 4.39 Å². The zero-order valence-electron chi connectivity index (χ0n) is 52.3. The highest BCUT2D eigenvalue weighted by atomic mass is 127. The highest BCUT2D eigenvalue weighted by Crippen LogP contribution is 2.31. The van der Waals surface area contributed by atoms with Crippen molar-refractivity contribution in [1.82, 2.24) is 68.1 Å². The fourth-order valence-corrected chi connectivity index (χ4v) is 11.6. The van der Waals surface area contributed by atoms with Crippen molar-refractivity contribution in [3.63, 3.8) is 0 Å². The Hall–Kier alpha value is -7.88. The number of nitrogens with one attached hydrogen (secondary N) is 11. The Balaban J connectivity index is 1.23. The van der Waals surface area contributed by atoms with Crippen molar-refractivity contribution in [3.05, 3.63) is 101 Å². The van der Waals surface area contributed by atoms with Crippen molar-refractivity contribution in [2.45, 2.75) is 132 Å². The zero-order valence-corrected chi connectivity index (χ0v) is 54.4. The number of ether oxygens (including phenoxy) is 3. The van der Waals surface area contributed by atoms with Crippen LogP contribution in [0.5, 0.6) is 5.75 Å². The molecule has 1 aromatic heterocycles. The van der Waals surface area contributed by atoms with Gasteiger partial charge < -0.3 is 76.6 Å². The van der Waals surface area contributed by atoms with E-state index >= 15 is 18.8 Å². The molecule has 10 atom stereocenters. The van der Waals surface area contributed by atoms with Gasteiger partial charge in [0.05, 0.1) is 38.6 Å². The van der Waals surface area contributed by atoms with Crippen LogP contribution in [0, 0.1) is 5.82 Å². The van der Waals surface area contributed by atoms with Crippen LogP contribution in [0.3, 0.4) is 0 Å². The van der Waals surface area contributed by atoms with Crippen molar-refractivity contribution in [3.8, 4) is 5.75 Å². The standard InChI is InChI=1S/C62H83FIN13O15/c1-35(70-34-92-66-5)54(81)74-48(32-69-50(79)18-23-90-24-20-64)56(83)71-45-27-38-9-7-10-39(25-38)30-68-51(80)33-91-49-17-22-76(59(86)47(72-55(45)82)28-40-31-67-44-16-13-41(63)29-43(40)44)53(49)58(85)75-52(36(2)78)57(84)73-46(26-37-11-14-42(89-6)15-12-37)60(87)77-21-8-19-62(77,3)61(88)65-4/h7,9-16,25,29,31,35-36,45-49,52-53,66-67,70,78H,8,17-24,26-28,30,32-34H2,1-6H3,(H,65,88)(H,68,80)(H,69,79)(H,71,83)(H,72,82)(H,73,84)(H,74,81)(H,75,85)/t35-,36+,45-,46-,47-,48+,49-,52-,53-,62-/m0/s1. The van der Waals surface area contributed by atoms with Gasteiger partial charge in [0.25, 0.3) is 0 Å². The summed E-state index contributed by atoms with van der Waals surface area (Å²) in [7, 11) is 4.46. The molecule has 2 fully saturated rings. The molecule has 0 saturated carbocycles. The van der Waals surface area contributed by atoms with E-state index in [1.54, 1.807) is 55.5 Å². The number of carbonyl (C=O) groups is 10.